The highest BCUT2D eigenvalue weighted by Crippen LogP contribution is 2.09. The molecule has 0 radical (unpaired) electrons. The molecule has 0 unspecified atom stereocenters. The Morgan fingerprint density at radius 2 is 2.53 bits per heavy atom. The van der Waals surface area contributed by atoms with E-state index >= 15 is 0 Å². The van der Waals surface area contributed by atoms with Crippen LogP contribution in [0.4, 0.5) is 0 Å². The van der Waals surface area contributed by atoms with Crippen molar-refractivity contribution in [3.05, 3.63) is 16.6 Å². The summed E-state index contributed by atoms with van der Waals surface area (Å²) in [4.78, 5) is 7.48. The molecule has 1 aromatic rings. The molecule has 0 aliphatic carbocycles. The standard InChI is InChI=1S/C9H16N4OS/c1-2-13(4-3-9(10)12-14)6-8-5-11-7-15-8/h5,7,14H,2-4,6H2,1H3,(H2,10,12). The van der Waals surface area contributed by atoms with Crippen molar-refractivity contribution in [2.45, 2.75) is 19.9 Å². The van der Waals surface area contributed by atoms with E-state index in [1.807, 2.05) is 11.7 Å². The van der Waals surface area contributed by atoms with Crippen LogP contribution in [0.1, 0.15) is 18.2 Å². The quantitative estimate of drug-likeness (QED) is 0.331. The Balaban J connectivity index is 2.36. The van der Waals surface area contributed by atoms with Crippen LogP contribution in [0.15, 0.2) is 16.9 Å². The second kappa shape index (κ2) is 6.36. The van der Waals surface area contributed by atoms with Gasteiger partial charge in [0.15, 0.2) is 0 Å². The maximum atomic E-state index is 8.41. The number of thiazole rings is 1. The fourth-order valence-electron chi connectivity index (χ4n) is 1.21. The van der Waals surface area contributed by atoms with Gasteiger partial charge in [0.25, 0.3) is 0 Å². The third-order valence-electron chi connectivity index (χ3n) is 2.12. The maximum absolute atomic E-state index is 8.41. The average molecular weight is 228 g/mol. The van der Waals surface area contributed by atoms with Crippen LogP contribution in [-0.2, 0) is 6.54 Å². The van der Waals surface area contributed by atoms with E-state index in [0.717, 1.165) is 19.6 Å². The van der Waals surface area contributed by atoms with Crippen molar-refractivity contribution in [2.75, 3.05) is 13.1 Å². The summed E-state index contributed by atoms with van der Waals surface area (Å²) in [6.07, 6.45) is 2.46. The molecule has 0 saturated heterocycles. The topological polar surface area (TPSA) is 74.7 Å². The summed E-state index contributed by atoms with van der Waals surface area (Å²) < 4.78 is 0. The molecule has 0 bridgehead atoms. The first-order valence-corrected chi connectivity index (χ1v) is 5.70. The van der Waals surface area contributed by atoms with Crippen molar-refractivity contribution < 1.29 is 5.21 Å². The minimum absolute atomic E-state index is 0.276. The second-order valence-electron chi connectivity index (χ2n) is 3.18. The van der Waals surface area contributed by atoms with Gasteiger partial charge in [-0.3, -0.25) is 9.88 Å². The molecule has 0 saturated carbocycles. The molecule has 0 aromatic carbocycles. The Morgan fingerprint density at radius 3 is 3.07 bits per heavy atom. The zero-order valence-electron chi connectivity index (χ0n) is 8.76. The lowest BCUT2D eigenvalue weighted by Gasteiger charge is -2.18. The normalized spacial score (nSPS) is 12.3. The van der Waals surface area contributed by atoms with Crippen molar-refractivity contribution in [1.29, 1.82) is 0 Å². The summed E-state index contributed by atoms with van der Waals surface area (Å²) in [5.74, 6) is 0.276. The Bertz CT molecular complexity index is 299. The molecule has 6 heteroatoms. The Labute approximate surface area is 93.2 Å². The van der Waals surface area contributed by atoms with E-state index in [1.165, 1.54) is 4.88 Å². The predicted molar refractivity (Wildman–Crippen MR) is 61.1 cm³/mol. The summed E-state index contributed by atoms with van der Waals surface area (Å²) in [5.41, 5.74) is 7.24. The van der Waals surface area contributed by atoms with E-state index in [9.17, 15) is 0 Å². The van der Waals surface area contributed by atoms with E-state index < -0.39 is 0 Å². The molecular weight excluding hydrogens is 212 g/mol. The predicted octanol–water partition coefficient (Wildman–Crippen LogP) is 1.10. The molecule has 0 spiro atoms. The van der Waals surface area contributed by atoms with E-state index in [0.29, 0.717) is 6.42 Å². The Kier molecular flexibility index (Phi) is 5.06. The van der Waals surface area contributed by atoms with Crippen LogP contribution in [0, 0.1) is 0 Å². The molecule has 1 heterocycles. The minimum Gasteiger partial charge on any atom is -0.409 e. The lowest BCUT2D eigenvalue weighted by atomic mass is 10.3. The number of oxime groups is 1. The van der Waals surface area contributed by atoms with E-state index in [2.05, 4.69) is 22.0 Å². The largest absolute Gasteiger partial charge is 0.409 e. The smallest absolute Gasteiger partial charge is 0.140 e. The highest BCUT2D eigenvalue weighted by molar-refractivity contribution is 7.09. The molecule has 0 aliphatic heterocycles. The van der Waals surface area contributed by atoms with Gasteiger partial charge in [-0.25, -0.2) is 0 Å². The molecule has 0 atom stereocenters. The van der Waals surface area contributed by atoms with Crippen molar-refractivity contribution in [2.24, 2.45) is 10.9 Å². The Morgan fingerprint density at radius 1 is 1.73 bits per heavy atom. The highest BCUT2D eigenvalue weighted by Gasteiger charge is 2.05. The average Bonchev–Trinajstić information content (AvgIpc) is 2.76. The summed E-state index contributed by atoms with van der Waals surface area (Å²) in [6.45, 7) is 4.70. The van der Waals surface area contributed by atoms with Gasteiger partial charge in [0.2, 0.25) is 0 Å². The lowest BCUT2D eigenvalue weighted by molar-refractivity contribution is 0.285. The number of amidine groups is 1. The third-order valence-corrected chi connectivity index (χ3v) is 2.89. The first-order valence-electron chi connectivity index (χ1n) is 4.82. The molecule has 0 aliphatic rings. The van der Waals surface area contributed by atoms with E-state index in [-0.39, 0.29) is 5.84 Å². The SMILES string of the molecule is CCN(CCC(N)=NO)Cc1cncs1. The molecular formula is C9H16N4OS. The highest BCUT2D eigenvalue weighted by atomic mass is 32.1. The zero-order valence-corrected chi connectivity index (χ0v) is 9.57. The third kappa shape index (κ3) is 4.26. The summed E-state index contributed by atoms with van der Waals surface area (Å²) in [5, 5.41) is 11.4. The molecule has 3 N–H and O–H groups in total. The molecule has 1 rings (SSSR count). The van der Waals surface area contributed by atoms with Crippen LogP contribution in [0.2, 0.25) is 0 Å². The van der Waals surface area contributed by atoms with Gasteiger partial charge >= 0.3 is 0 Å². The summed E-state index contributed by atoms with van der Waals surface area (Å²) in [7, 11) is 0. The van der Waals surface area contributed by atoms with Crippen molar-refractivity contribution >= 4 is 17.2 Å². The molecule has 0 amide bonds. The number of nitrogens with zero attached hydrogens (tertiary/aromatic N) is 3. The second-order valence-corrected chi connectivity index (χ2v) is 4.15. The van der Waals surface area contributed by atoms with Gasteiger partial charge in [-0.1, -0.05) is 12.1 Å². The number of rotatable bonds is 6. The molecule has 84 valence electrons. The van der Waals surface area contributed by atoms with Gasteiger partial charge in [0.05, 0.1) is 5.51 Å². The summed E-state index contributed by atoms with van der Waals surface area (Å²) in [6, 6.07) is 0. The van der Waals surface area contributed by atoms with Crippen LogP contribution in [0.3, 0.4) is 0 Å². The lowest BCUT2D eigenvalue weighted by Crippen LogP contribution is -2.27. The van der Waals surface area contributed by atoms with E-state index in [4.69, 9.17) is 10.9 Å². The molecule has 0 fully saturated rings. The van der Waals surface area contributed by atoms with Crippen LogP contribution in [-0.4, -0.2) is 34.0 Å². The first-order chi connectivity index (χ1) is 7.26. The van der Waals surface area contributed by atoms with Gasteiger partial charge in [-0.2, -0.15) is 0 Å². The van der Waals surface area contributed by atoms with Gasteiger partial charge in [-0.15, -0.1) is 11.3 Å². The molecule has 5 nitrogen and oxygen atoms in total. The molecule has 1 aromatic heterocycles. The van der Waals surface area contributed by atoms with Crippen molar-refractivity contribution in [1.82, 2.24) is 9.88 Å². The fraction of sp³-hybridized carbons (Fsp3) is 0.556. The van der Waals surface area contributed by atoms with Gasteiger partial charge in [-0.05, 0) is 6.54 Å². The van der Waals surface area contributed by atoms with Gasteiger partial charge in [0, 0.05) is 30.6 Å². The monoisotopic (exact) mass is 228 g/mol. The minimum atomic E-state index is 0.276. The van der Waals surface area contributed by atoms with Crippen molar-refractivity contribution in [3.63, 3.8) is 0 Å². The number of aromatic nitrogens is 1. The first kappa shape index (κ1) is 11.9. The fourth-order valence-corrected chi connectivity index (χ4v) is 1.85. The van der Waals surface area contributed by atoms with Crippen LogP contribution in [0.5, 0.6) is 0 Å². The summed E-state index contributed by atoms with van der Waals surface area (Å²) >= 11 is 1.64. The van der Waals surface area contributed by atoms with Gasteiger partial charge < -0.3 is 10.9 Å². The number of nitrogens with two attached hydrogens (primary N) is 1. The molecule has 15 heavy (non-hydrogen) atoms. The van der Waals surface area contributed by atoms with Crippen LogP contribution >= 0.6 is 11.3 Å². The number of hydrogen-bond donors (Lipinski definition) is 2. The maximum Gasteiger partial charge on any atom is 0.140 e. The zero-order chi connectivity index (χ0) is 11.1. The Hall–Kier alpha value is -1.14. The van der Waals surface area contributed by atoms with E-state index in [1.54, 1.807) is 11.3 Å². The van der Waals surface area contributed by atoms with Gasteiger partial charge in [0.1, 0.15) is 5.84 Å². The number of hydrogen-bond acceptors (Lipinski definition) is 5. The van der Waals surface area contributed by atoms with Crippen molar-refractivity contribution in [3.8, 4) is 0 Å². The van der Waals surface area contributed by atoms with Crippen LogP contribution in [0.25, 0.3) is 0 Å². The van der Waals surface area contributed by atoms with Crippen LogP contribution < -0.4 is 5.73 Å².